The van der Waals surface area contributed by atoms with Crippen LogP contribution < -0.4 is 0 Å². The number of hydrogen-bond acceptors (Lipinski definition) is 6. The molecule has 0 radical (unpaired) electrons. The smallest absolute Gasteiger partial charge is 0.256 e. The number of nitrogens with zero attached hydrogens (tertiary/aromatic N) is 6. The van der Waals surface area contributed by atoms with Crippen molar-refractivity contribution in [2.24, 2.45) is 5.41 Å². The van der Waals surface area contributed by atoms with Crippen LogP contribution in [0, 0.1) is 16.7 Å². The molecule has 32 heavy (non-hydrogen) atoms. The minimum absolute atomic E-state index is 0.0786. The third-order valence-electron chi connectivity index (χ3n) is 6.52. The molecule has 0 spiro atoms. The van der Waals surface area contributed by atoms with E-state index in [0.717, 1.165) is 5.69 Å². The van der Waals surface area contributed by atoms with Crippen LogP contribution in [-0.4, -0.2) is 43.8 Å². The Bertz CT molecular complexity index is 1140. The third-order valence-corrected chi connectivity index (χ3v) is 6.52. The van der Waals surface area contributed by atoms with Gasteiger partial charge in [0.1, 0.15) is 12.0 Å². The van der Waals surface area contributed by atoms with Crippen molar-refractivity contribution in [3.63, 3.8) is 0 Å². The fourth-order valence-electron chi connectivity index (χ4n) is 4.39. The van der Waals surface area contributed by atoms with Gasteiger partial charge < -0.3 is 4.90 Å². The predicted molar refractivity (Wildman–Crippen MR) is 118 cm³/mol. The summed E-state index contributed by atoms with van der Waals surface area (Å²) in [4.78, 5) is 32.3. The van der Waals surface area contributed by atoms with Crippen molar-refractivity contribution in [1.82, 2.24) is 24.8 Å². The highest BCUT2D eigenvalue weighted by atomic mass is 16.2. The number of rotatable bonds is 5. The summed E-state index contributed by atoms with van der Waals surface area (Å²) in [6.07, 6.45) is 11.1. The van der Waals surface area contributed by atoms with E-state index in [1.54, 1.807) is 30.6 Å². The summed E-state index contributed by atoms with van der Waals surface area (Å²) in [5.41, 5.74) is 3.46. The van der Waals surface area contributed by atoms with Crippen LogP contribution in [0.2, 0.25) is 0 Å². The van der Waals surface area contributed by atoms with Gasteiger partial charge in [0.05, 0.1) is 22.7 Å². The fraction of sp³-hybridized carbons (Fsp3) is 0.360. The predicted octanol–water partition coefficient (Wildman–Crippen LogP) is 3.80. The van der Waals surface area contributed by atoms with E-state index in [4.69, 9.17) is 0 Å². The molecule has 0 unspecified atom stereocenters. The Hall–Kier alpha value is -3.66. The number of aromatic nitrogens is 4. The molecule has 1 aliphatic carbocycles. The summed E-state index contributed by atoms with van der Waals surface area (Å²) in [6, 6.07) is 12.1. The molecule has 160 valence electrons. The Kier molecular flexibility index (Phi) is 5.36. The Morgan fingerprint density at radius 2 is 1.94 bits per heavy atom. The molecule has 5 rings (SSSR count). The highest BCUT2D eigenvalue weighted by Crippen LogP contribution is 2.40. The zero-order chi connectivity index (χ0) is 22.0. The van der Waals surface area contributed by atoms with E-state index >= 15 is 0 Å². The molecule has 7 nitrogen and oxygen atoms in total. The Labute approximate surface area is 187 Å². The second kappa shape index (κ2) is 8.46. The molecule has 2 aliphatic rings. The van der Waals surface area contributed by atoms with Gasteiger partial charge in [0, 0.05) is 43.8 Å². The van der Waals surface area contributed by atoms with Gasteiger partial charge >= 0.3 is 0 Å². The van der Waals surface area contributed by atoms with Crippen LogP contribution in [0.5, 0.6) is 0 Å². The molecule has 0 aromatic carbocycles. The average molecular weight is 425 g/mol. The second-order valence-corrected chi connectivity index (χ2v) is 8.71. The van der Waals surface area contributed by atoms with E-state index in [1.807, 2.05) is 11.1 Å². The zero-order valence-corrected chi connectivity index (χ0v) is 17.8. The lowest BCUT2D eigenvalue weighted by atomic mass is 9.76. The van der Waals surface area contributed by atoms with Gasteiger partial charge in [-0.2, -0.15) is 5.26 Å². The van der Waals surface area contributed by atoms with E-state index in [0.29, 0.717) is 55.2 Å². The lowest BCUT2D eigenvalue weighted by Gasteiger charge is -2.37. The Balaban J connectivity index is 1.29. The lowest BCUT2D eigenvalue weighted by molar-refractivity contribution is 0.0647. The van der Waals surface area contributed by atoms with Crippen LogP contribution in [0.1, 0.15) is 53.2 Å². The highest BCUT2D eigenvalue weighted by Gasteiger charge is 2.37. The van der Waals surface area contributed by atoms with E-state index < -0.39 is 5.41 Å². The standard InChI is InChI=1S/C25H24N6O/c26-16-25(14-20-6-5-19(15-29-20)18-3-4-18)8-12-31(13-9-25)24(32)21-2-1-10-28-23(21)22-7-11-27-17-30-22/h1-2,5-7,10-11,15,17-18H,3-4,8-9,12-14H2. The maximum Gasteiger partial charge on any atom is 0.256 e. The summed E-state index contributed by atoms with van der Waals surface area (Å²) >= 11 is 0. The molecule has 0 bridgehead atoms. The van der Waals surface area contributed by atoms with E-state index in [-0.39, 0.29) is 5.91 Å². The first-order valence-corrected chi connectivity index (χ1v) is 11.0. The minimum Gasteiger partial charge on any atom is -0.338 e. The van der Waals surface area contributed by atoms with Gasteiger partial charge in [0.15, 0.2) is 0 Å². The van der Waals surface area contributed by atoms with Crippen LogP contribution in [0.15, 0.2) is 55.2 Å². The molecule has 0 atom stereocenters. The van der Waals surface area contributed by atoms with Gasteiger partial charge in [-0.3, -0.25) is 14.8 Å². The van der Waals surface area contributed by atoms with E-state index in [1.165, 1.54) is 24.7 Å². The largest absolute Gasteiger partial charge is 0.338 e. The number of carbonyl (C=O) groups excluding carboxylic acids is 1. The Morgan fingerprint density at radius 1 is 1.09 bits per heavy atom. The molecular formula is C25H24N6O. The first kappa shape index (κ1) is 20.3. The molecule has 1 saturated heterocycles. The average Bonchev–Trinajstić information content (AvgIpc) is 3.71. The molecule has 4 heterocycles. The first-order chi connectivity index (χ1) is 15.7. The second-order valence-electron chi connectivity index (χ2n) is 8.71. The normalized spacial score (nSPS) is 17.5. The molecule has 2 fully saturated rings. The molecule has 7 heteroatoms. The number of carbonyl (C=O) groups is 1. The molecule has 1 amide bonds. The monoisotopic (exact) mass is 424 g/mol. The van der Waals surface area contributed by atoms with Crippen molar-refractivity contribution in [1.29, 1.82) is 5.26 Å². The van der Waals surface area contributed by atoms with Crippen molar-refractivity contribution in [2.45, 2.75) is 38.0 Å². The quantitative estimate of drug-likeness (QED) is 0.618. The lowest BCUT2D eigenvalue weighted by Crippen LogP contribution is -2.43. The van der Waals surface area contributed by atoms with Crippen LogP contribution >= 0.6 is 0 Å². The maximum atomic E-state index is 13.3. The number of hydrogen-bond donors (Lipinski definition) is 0. The number of nitriles is 1. The first-order valence-electron chi connectivity index (χ1n) is 11.0. The number of amides is 1. The summed E-state index contributed by atoms with van der Waals surface area (Å²) in [7, 11) is 0. The summed E-state index contributed by atoms with van der Waals surface area (Å²) in [5, 5.41) is 9.98. The van der Waals surface area contributed by atoms with Crippen molar-refractivity contribution < 1.29 is 4.79 Å². The SMILES string of the molecule is N#CC1(Cc2ccc(C3CC3)cn2)CCN(C(=O)c2cccnc2-c2ccncn2)CC1. The van der Waals surface area contributed by atoms with Crippen LogP contribution in [0.4, 0.5) is 0 Å². The fourth-order valence-corrected chi connectivity index (χ4v) is 4.39. The third kappa shape index (κ3) is 4.09. The van der Waals surface area contributed by atoms with Crippen molar-refractivity contribution in [3.8, 4) is 17.5 Å². The van der Waals surface area contributed by atoms with Crippen molar-refractivity contribution in [3.05, 3.63) is 72.1 Å². The van der Waals surface area contributed by atoms with Crippen LogP contribution in [0.25, 0.3) is 11.4 Å². The van der Waals surface area contributed by atoms with Gasteiger partial charge in [0.25, 0.3) is 5.91 Å². The van der Waals surface area contributed by atoms with Crippen LogP contribution in [-0.2, 0) is 6.42 Å². The number of likely N-dealkylation sites (tertiary alicyclic amines) is 1. The molecular weight excluding hydrogens is 400 g/mol. The van der Waals surface area contributed by atoms with Gasteiger partial charge in [-0.25, -0.2) is 9.97 Å². The van der Waals surface area contributed by atoms with Crippen LogP contribution in [0.3, 0.4) is 0 Å². The molecule has 0 N–H and O–H groups in total. The Morgan fingerprint density at radius 3 is 2.59 bits per heavy atom. The van der Waals surface area contributed by atoms with Gasteiger partial charge in [-0.05, 0) is 61.4 Å². The molecule has 3 aromatic rings. The summed E-state index contributed by atoms with van der Waals surface area (Å²) in [6.45, 7) is 1.06. The molecule has 1 saturated carbocycles. The highest BCUT2D eigenvalue weighted by molar-refractivity contribution is 5.99. The van der Waals surface area contributed by atoms with Gasteiger partial charge in [0.2, 0.25) is 0 Å². The topological polar surface area (TPSA) is 95.7 Å². The minimum atomic E-state index is -0.491. The van der Waals surface area contributed by atoms with E-state index in [2.05, 4.69) is 38.1 Å². The number of pyridine rings is 2. The number of piperidine rings is 1. The van der Waals surface area contributed by atoms with Crippen molar-refractivity contribution in [2.75, 3.05) is 13.1 Å². The van der Waals surface area contributed by atoms with E-state index in [9.17, 15) is 10.1 Å². The zero-order valence-electron chi connectivity index (χ0n) is 17.8. The van der Waals surface area contributed by atoms with Crippen molar-refractivity contribution >= 4 is 5.91 Å². The van der Waals surface area contributed by atoms with Gasteiger partial charge in [-0.1, -0.05) is 6.07 Å². The van der Waals surface area contributed by atoms with Gasteiger partial charge in [-0.15, -0.1) is 0 Å². The summed E-state index contributed by atoms with van der Waals surface area (Å²) in [5.74, 6) is 0.598. The maximum absolute atomic E-state index is 13.3. The molecule has 1 aliphatic heterocycles. The molecule has 3 aromatic heterocycles. The summed E-state index contributed by atoms with van der Waals surface area (Å²) < 4.78 is 0.